The molecule has 2 N–H and O–H groups in total. The average Bonchev–Trinajstić information content (AvgIpc) is 3.15. The summed E-state index contributed by atoms with van der Waals surface area (Å²) < 4.78 is 14.9. The standard InChI is InChI=1S/C46H59N2O3P/c1-7-46(6,38-29-31-42(32-30-38)52(51,40-24-16-11-17-25-40)41-26-18-12-19-27-41)33-37(36-21-14-10-15-22-36)23-13-8-9-20-28-43(49)47-39-34-44(2,3)48(50)45(4,5)35-39/h8,10-19,21-22,24-27,29-32,37,39,50H,7,9,20,23,28,33-35H2,1-6H3,(H,47,49)/b13-8+. The number of carbonyl (C=O) groups is 1. The molecule has 0 aromatic heterocycles. The molecule has 276 valence electrons. The topological polar surface area (TPSA) is 69.6 Å². The Labute approximate surface area is 312 Å². The fourth-order valence-electron chi connectivity index (χ4n) is 8.30. The van der Waals surface area contributed by atoms with Gasteiger partial charge in [-0.1, -0.05) is 141 Å². The quantitative estimate of drug-likeness (QED) is 0.0730. The van der Waals surface area contributed by atoms with Crippen molar-refractivity contribution < 1.29 is 14.6 Å². The number of nitrogens with zero attached hydrogens (tertiary/aromatic N) is 1. The van der Waals surface area contributed by atoms with Crippen LogP contribution >= 0.6 is 7.14 Å². The predicted octanol–water partition coefficient (Wildman–Crippen LogP) is 9.81. The van der Waals surface area contributed by atoms with Crippen molar-refractivity contribution in [1.82, 2.24) is 10.4 Å². The van der Waals surface area contributed by atoms with Gasteiger partial charge >= 0.3 is 0 Å². The van der Waals surface area contributed by atoms with E-state index in [9.17, 15) is 14.6 Å². The Morgan fingerprint density at radius 3 is 1.85 bits per heavy atom. The Hall–Kier alpha value is -3.76. The van der Waals surface area contributed by atoms with E-state index in [4.69, 9.17) is 0 Å². The van der Waals surface area contributed by atoms with Crippen LogP contribution in [0.5, 0.6) is 0 Å². The third kappa shape index (κ3) is 9.23. The van der Waals surface area contributed by atoms with Crippen LogP contribution in [0, 0.1) is 0 Å². The molecule has 4 aromatic carbocycles. The van der Waals surface area contributed by atoms with Gasteiger partial charge in [0.25, 0.3) is 0 Å². The number of allylic oxidation sites excluding steroid dienone is 2. The van der Waals surface area contributed by atoms with Gasteiger partial charge in [-0.25, -0.2) is 0 Å². The lowest BCUT2D eigenvalue weighted by Crippen LogP contribution is -2.62. The molecule has 5 nitrogen and oxygen atoms in total. The van der Waals surface area contributed by atoms with Crippen LogP contribution in [0.2, 0.25) is 0 Å². The van der Waals surface area contributed by atoms with Crippen molar-refractivity contribution in [3.05, 3.63) is 139 Å². The zero-order valence-corrected chi connectivity index (χ0v) is 33.0. The van der Waals surface area contributed by atoms with Crippen molar-refractivity contribution in [2.75, 3.05) is 0 Å². The minimum absolute atomic E-state index is 0.0596. The minimum atomic E-state index is -3.03. The average molecular weight is 719 g/mol. The van der Waals surface area contributed by atoms with Crippen molar-refractivity contribution >= 4 is 29.0 Å². The number of hydroxylamine groups is 2. The van der Waals surface area contributed by atoms with E-state index in [2.05, 4.69) is 85.9 Å². The molecule has 0 saturated carbocycles. The fourth-order valence-corrected chi connectivity index (χ4v) is 10.9. The lowest BCUT2D eigenvalue weighted by Gasteiger charge is -2.51. The van der Waals surface area contributed by atoms with Gasteiger partial charge in [0.1, 0.15) is 0 Å². The van der Waals surface area contributed by atoms with Crippen LogP contribution in [0.3, 0.4) is 0 Å². The molecular weight excluding hydrogens is 659 g/mol. The van der Waals surface area contributed by atoms with E-state index in [1.54, 1.807) is 0 Å². The van der Waals surface area contributed by atoms with Crippen molar-refractivity contribution in [2.24, 2.45) is 0 Å². The Kier molecular flexibility index (Phi) is 12.8. The molecule has 0 aliphatic carbocycles. The summed E-state index contributed by atoms with van der Waals surface area (Å²) in [5, 5.41) is 17.8. The van der Waals surface area contributed by atoms with E-state index in [1.165, 1.54) is 16.2 Å². The van der Waals surface area contributed by atoms with Crippen LogP contribution in [0.25, 0.3) is 0 Å². The second kappa shape index (κ2) is 16.9. The molecule has 2 unspecified atom stereocenters. The van der Waals surface area contributed by atoms with Crippen LogP contribution in [-0.4, -0.2) is 33.3 Å². The van der Waals surface area contributed by atoms with Crippen molar-refractivity contribution in [3.8, 4) is 0 Å². The Morgan fingerprint density at radius 1 is 0.827 bits per heavy atom. The van der Waals surface area contributed by atoms with E-state index in [0.29, 0.717) is 12.3 Å². The first kappa shape index (κ1) is 39.4. The third-order valence-corrected chi connectivity index (χ3v) is 14.4. The number of nitrogens with one attached hydrogen (secondary N) is 1. The maximum Gasteiger partial charge on any atom is 0.220 e. The van der Waals surface area contributed by atoms with Crippen LogP contribution in [0.15, 0.2) is 127 Å². The van der Waals surface area contributed by atoms with E-state index in [0.717, 1.165) is 60.9 Å². The van der Waals surface area contributed by atoms with Crippen molar-refractivity contribution in [2.45, 2.75) is 121 Å². The summed E-state index contributed by atoms with van der Waals surface area (Å²) in [5.74, 6) is 0.418. The number of amides is 1. The molecule has 1 aliphatic heterocycles. The summed E-state index contributed by atoms with van der Waals surface area (Å²) in [6.07, 6.45) is 11.0. The minimum Gasteiger partial charge on any atom is -0.353 e. The highest BCUT2D eigenvalue weighted by atomic mass is 31.2. The number of hydrogen-bond acceptors (Lipinski definition) is 4. The zero-order chi connectivity index (χ0) is 37.4. The number of benzene rings is 4. The molecule has 1 amide bonds. The first-order valence-corrected chi connectivity index (χ1v) is 20.8. The maximum absolute atomic E-state index is 14.9. The van der Waals surface area contributed by atoms with Gasteiger partial charge in [-0.15, -0.1) is 0 Å². The SMILES string of the molecule is CCC(C)(CC(C/C=C/CCCC(=O)NC1CC(C)(C)N(O)C(C)(C)C1)c1ccccc1)c1ccc(P(=O)(c2ccccc2)c2ccccc2)cc1. The predicted molar refractivity (Wildman–Crippen MR) is 218 cm³/mol. The van der Waals surface area contributed by atoms with E-state index >= 15 is 0 Å². The molecule has 4 aromatic rings. The summed E-state index contributed by atoms with van der Waals surface area (Å²) in [6, 6.07) is 39.2. The number of unbranched alkanes of at least 4 members (excludes halogenated alkanes) is 1. The summed E-state index contributed by atoms with van der Waals surface area (Å²) in [5.41, 5.74) is 1.75. The van der Waals surface area contributed by atoms with Crippen LogP contribution in [0.4, 0.5) is 0 Å². The number of carbonyl (C=O) groups excluding carboxylic acids is 1. The molecular formula is C46H59N2O3P. The fraction of sp³-hybridized carbons (Fsp3) is 0.413. The summed E-state index contributed by atoms with van der Waals surface area (Å²) in [7, 11) is -3.03. The van der Waals surface area contributed by atoms with Gasteiger partial charge < -0.3 is 15.1 Å². The Balaban J connectivity index is 1.24. The van der Waals surface area contributed by atoms with Gasteiger partial charge in [-0.2, -0.15) is 5.06 Å². The zero-order valence-electron chi connectivity index (χ0n) is 32.1. The van der Waals surface area contributed by atoms with Crippen LogP contribution in [0.1, 0.15) is 110 Å². The highest BCUT2D eigenvalue weighted by Crippen LogP contribution is 2.44. The molecule has 1 fully saturated rings. The number of rotatable bonds is 15. The van der Waals surface area contributed by atoms with Crippen molar-refractivity contribution in [3.63, 3.8) is 0 Å². The molecule has 6 heteroatoms. The van der Waals surface area contributed by atoms with Gasteiger partial charge in [0.2, 0.25) is 5.91 Å². The Morgan fingerprint density at radius 2 is 1.33 bits per heavy atom. The molecule has 1 saturated heterocycles. The van der Waals surface area contributed by atoms with E-state index < -0.39 is 7.14 Å². The molecule has 0 bridgehead atoms. The maximum atomic E-state index is 14.9. The second-order valence-corrected chi connectivity index (χ2v) is 19.0. The smallest absolute Gasteiger partial charge is 0.220 e. The Bertz CT molecular complexity index is 1740. The molecule has 52 heavy (non-hydrogen) atoms. The van der Waals surface area contributed by atoms with E-state index in [-0.39, 0.29) is 28.4 Å². The molecule has 0 spiro atoms. The second-order valence-electron chi connectivity index (χ2n) is 16.3. The molecule has 5 rings (SSSR count). The lowest BCUT2D eigenvalue weighted by molar-refractivity contribution is -0.246. The van der Waals surface area contributed by atoms with E-state index in [1.807, 2.05) is 88.4 Å². The van der Waals surface area contributed by atoms with Gasteiger partial charge in [0.15, 0.2) is 7.14 Å². The first-order chi connectivity index (χ1) is 24.8. The van der Waals surface area contributed by atoms with Gasteiger partial charge in [0.05, 0.1) is 0 Å². The monoisotopic (exact) mass is 718 g/mol. The molecule has 0 radical (unpaired) electrons. The summed E-state index contributed by atoms with van der Waals surface area (Å²) >= 11 is 0. The number of piperidine rings is 1. The summed E-state index contributed by atoms with van der Waals surface area (Å²) in [4.78, 5) is 12.9. The summed E-state index contributed by atoms with van der Waals surface area (Å²) in [6.45, 7) is 12.7. The molecule has 1 aliphatic rings. The van der Waals surface area contributed by atoms with Crippen molar-refractivity contribution in [1.29, 1.82) is 0 Å². The molecule has 2 atom stereocenters. The highest BCUT2D eigenvalue weighted by Gasteiger charge is 2.45. The highest BCUT2D eigenvalue weighted by molar-refractivity contribution is 7.85. The first-order valence-electron chi connectivity index (χ1n) is 19.1. The van der Waals surface area contributed by atoms with Crippen LogP contribution < -0.4 is 21.2 Å². The normalized spacial score (nSPS) is 18.1. The lowest BCUT2D eigenvalue weighted by atomic mass is 9.71. The van der Waals surface area contributed by atoms with Crippen LogP contribution in [-0.2, 0) is 14.8 Å². The molecule has 1 heterocycles. The van der Waals surface area contributed by atoms with Gasteiger partial charge in [0, 0.05) is 39.5 Å². The van der Waals surface area contributed by atoms with Gasteiger partial charge in [-0.3, -0.25) is 4.79 Å². The van der Waals surface area contributed by atoms with Gasteiger partial charge in [-0.05, 0) is 95.1 Å². The number of hydrogen-bond donors (Lipinski definition) is 2. The third-order valence-electron chi connectivity index (χ3n) is 11.3. The largest absolute Gasteiger partial charge is 0.353 e.